The Labute approximate surface area is 164 Å². The van der Waals surface area contributed by atoms with Gasteiger partial charge in [0.05, 0.1) is 11.1 Å². The molecule has 0 amide bonds. The molecule has 1 N–H and O–H groups in total. The molecule has 0 unspecified atom stereocenters. The molecule has 3 aromatic rings. The van der Waals surface area contributed by atoms with Crippen molar-refractivity contribution in [3.63, 3.8) is 0 Å². The van der Waals surface area contributed by atoms with Gasteiger partial charge in [0, 0.05) is 18.0 Å². The monoisotopic (exact) mass is 379 g/mol. The number of hydrogen-bond donors (Lipinski definition) is 1. The van der Waals surface area contributed by atoms with Crippen LogP contribution in [-0.4, -0.2) is 21.8 Å². The number of aromatic nitrogens is 1. The average Bonchev–Trinajstić information content (AvgIpc) is 3.09. The predicted octanol–water partition coefficient (Wildman–Crippen LogP) is 5.32. The van der Waals surface area contributed by atoms with Gasteiger partial charge in [-0.15, -0.1) is 0 Å². The Balaban J connectivity index is 1.73. The quantitative estimate of drug-likeness (QED) is 0.511. The number of benzene rings is 2. The third kappa shape index (κ3) is 4.60. The number of carbonyl (C=O) groups is 2. The van der Waals surface area contributed by atoms with E-state index in [1.54, 1.807) is 24.4 Å². The van der Waals surface area contributed by atoms with Crippen molar-refractivity contribution < 1.29 is 19.5 Å². The number of aromatic carboxylic acids is 1. The highest BCUT2D eigenvalue weighted by molar-refractivity contribution is 5.97. The summed E-state index contributed by atoms with van der Waals surface area (Å²) in [6.45, 7) is 2.16. The second kappa shape index (κ2) is 9.22. The van der Waals surface area contributed by atoms with E-state index in [-0.39, 0.29) is 11.5 Å². The van der Waals surface area contributed by atoms with Crippen molar-refractivity contribution in [2.75, 3.05) is 0 Å². The first-order valence-electron chi connectivity index (χ1n) is 9.75. The van der Waals surface area contributed by atoms with E-state index in [0.717, 1.165) is 35.7 Å². The Morgan fingerprint density at radius 3 is 2.57 bits per heavy atom. The van der Waals surface area contributed by atoms with E-state index in [1.807, 2.05) is 30.3 Å². The summed E-state index contributed by atoms with van der Waals surface area (Å²) in [5, 5.41) is 10.3. The molecule has 1 aromatic heterocycles. The molecule has 0 saturated carbocycles. The molecule has 0 fully saturated rings. The van der Waals surface area contributed by atoms with Gasteiger partial charge < -0.3 is 9.94 Å². The minimum Gasteiger partial charge on any atom is -0.478 e. The molecule has 0 atom stereocenters. The van der Waals surface area contributed by atoms with Gasteiger partial charge in [0.2, 0.25) is 0 Å². The molecular formula is C23H25NO4. The van der Waals surface area contributed by atoms with Crippen LogP contribution in [0.4, 0.5) is 0 Å². The van der Waals surface area contributed by atoms with Crippen molar-refractivity contribution in [1.29, 1.82) is 0 Å². The third-order valence-corrected chi connectivity index (χ3v) is 4.81. The lowest BCUT2D eigenvalue weighted by molar-refractivity contribution is -0.143. The zero-order chi connectivity index (χ0) is 19.9. The van der Waals surface area contributed by atoms with Crippen molar-refractivity contribution in [2.24, 2.45) is 0 Å². The number of rotatable bonds is 9. The highest BCUT2D eigenvalue weighted by Gasteiger charge is 2.13. The predicted molar refractivity (Wildman–Crippen MR) is 109 cm³/mol. The first-order chi connectivity index (χ1) is 13.6. The van der Waals surface area contributed by atoms with Crippen LogP contribution in [0.5, 0.6) is 0 Å². The van der Waals surface area contributed by atoms with Crippen LogP contribution in [0.15, 0.2) is 54.7 Å². The van der Waals surface area contributed by atoms with Crippen molar-refractivity contribution in [3.05, 3.63) is 60.3 Å². The van der Waals surface area contributed by atoms with E-state index in [2.05, 4.69) is 6.92 Å². The number of hydrogen-bond acceptors (Lipinski definition) is 3. The summed E-state index contributed by atoms with van der Waals surface area (Å²) in [5.41, 5.74) is 2.51. The number of carboxylic acid groups (broad SMARTS) is 1. The number of unbranched alkanes of at least 4 members (excludes halogenated alkanes) is 4. The van der Waals surface area contributed by atoms with E-state index >= 15 is 0 Å². The molecule has 0 radical (unpaired) electrons. The summed E-state index contributed by atoms with van der Waals surface area (Å²) >= 11 is 0. The number of carboxylic acids is 1. The van der Waals surface area contributed by atoms with Crippen LogP contribution in [0, 0.1) is 0 Å². The van der Waals surface area contributed by atoms with Crippen LogP contribution >= 0.6 is 0 Å². The highest BCUT2D eigenvalue weighted by Crippen LogP contribution is 2.27. The standard InChI is InChI=1S/C23H25NO4/c1-2-3-4-5-6-11-22(25)28-24-15-14-18-16-17(12-13-21(18)24)19-9-7-8-10-20(19)23(26)27/h7-10,12-16H,2-6,11H2,1H3,(H,26,27). The molecule has 1 heterocycles. The summed E-state index contributed by atoms with van der Waals surface area (Å²) in [6.07, 6.45) is 7.54. The lowest BCUT2D eigenvalue weighted by Crippen LogP contribution is -2.18. The van der Waals surface area contributed by atoms with Gasteiger partial charge in [0.25, 0.3) is 0 Å². The second-order valence-corrected chi connectivity index (χ2v) is 6.89. The maximum atomic E-state index is 12.1. The fourth-order valence-electron chi connectivity index (χ4n) is 3.31. The van der Waals surface area contributed by atoms with Crippen LogP contribution in [0.2, 0.25) is 0 Å². The molecular weight excluding hydrogens is 354 g/mol. The first kappa shape index (κ1) is 19.7. The Bertz CT molecular complexity index is 974. The first-order valence-corrected chi connectivity index (χ1v) is 9.75. The minimum atomic E-state index is -0.957. The molecule has 0 bridgehead atoms. The zero-order valence-electron chi connectivity index (χ0n) is 16.1. The topological polar surface area (TPSA) is 68.5 Å². The summed E-state index contributed by atoms with van der Waals surface area (Å²) in [5.74, 6) is -1.20. The van der Waals surface area contributed by atoms with Gasteiger partial charge in [0.15, 0.2) is 0 Å². The minimum absolute atomic E-state index is 0.241. The Morgan fingerprint density at radius 2 is 1.79 bits per heavy atom. The van der Waals surface area contributed by atoms with E-state index < -0.39 is 5.97 Å². The van der Waals surface area contributed by atoms with Crippen molar-refractivity contribution in [2.45, 2.75) is 45.4 Å². The Kier molecular flexibility index (Phi) is 6.48. The van der Waals surface area contributed by atoms with Gasteiger partial charge in [0.1, 0.15) is 0 Å². The smallest absolute Gasteiger partial charge is 0.336 e. The zero-order valence-corrected chi connectivity index (χ0v) is 16.1. The molecule has 0 saturated heterocycles. The molecule has 5 heteroatoms. The molecule has 0 aliphatic heterocycles. The van der Waals surface area contributed by atoms with Gasteiger partial charge in [-0.1, -0.05) is 56.9 Å². The molecule has 146 valence electrons. The molecule has 0 spiro atoms. The summed E-state index contributed by atoms with van der Waals surface area (Å²) in [7, 11) is 0. The van der Waals surface area contributed by atoms with E-state index in [9.17, 15) is 14.7 Å². The summed E-state index contributed by atoms with van der Waals surface area (Å²) < 4.78 is 1.48. The fourth-order valence-corrected chi connectivity index (χ4v) is 3.31. The summed E-state index contributed by atoms with van der Waals surface area (Å²) in [4.78, 5) is 29.0. The lowest BCUT2D eigenvalue weighted by atomic mass is 9.99. The van der Waals surface area contributed by atoms with Crippen molar-refractivity contribution >= 4 is 22.8 Å². The van der Waals surface area contributed by atoms with Crippen LogP contribution in [-0.2, 0) is 4.79 Å². The van der Waals surface area contributed by atoms with Gasteiger partial charge in [-0.25, -0.2) is 9.59 Å². The molecule has 0 aliphatic rings. The Morgan fingerprint density at radius 1 is 1.00 bits per heavy atom. The molecule has 5 nitrogen and oxygen atoms in total. The van der Waals surface area contributed by atoms with E-state index in [0.29, 0.717) is 12.0 Å². The van der Waals surface area contributed by atoms with E-state index in [4.69, 9.17) is 4.84 Å². The molecule has 0 aliphatic carbocycles. The normalized spacial score (nSPS) is 10.9. The summed E-state index contributed by atoms with van der Waals surface area (Å²) in [6, 6.07) is 14.4. The number of carbonyl (C=O) groups excluding carboxylic acids is 1. The van der Waals surface area contributed by atoms with Gasteiger partial charge in [-0.2, -0.15) is 4.73 Å². The number of fused-ring (bicyclic) bond motifs is 1. The van der Waals surface area contributed by atoms with Crippen molar-refractivity contribution in [3.8, 4) is 11.1 Å². The maximum Gasteiger partial charge on any atom is 0.336 e. The van der Waals surface area contributed by atoms with E-state index in [1.165, 1.54) is 17.6 Å². The SMILES string of the molecule is CCCCCCCC(=O)On1ccc2cc(-c3ccccc3C(=O)O)ccc21. The number of nitrogens with zero attached hydrogens (tertiary/aromatic N) is 1. The van der Waals surface area contributed by atoms with Crippen LogP contribution < -0.4 is 4.84 Å². The van der Waals surface area contributed by atoms with Gasteiger partial charge >= 0.3 is 11.9 Å². The van der Waals surface area contributed by atoms with Crippen molar-refractivity contribution in [1.82, 2.24) is 4.73 Å². The van der Waals surface area contributed by atoms with Crippen LogP contribution in [0.1, 0.15) is 55.8 Å². The fraction of sp³-hybridized carbons (Fsp3) is 0.304. The van der Waals surface area contributed by atoms with Crippen LogP contribution in [0.25, 0.3) is 22.0 Å². The third-order valence-electron chi connectivity index (χ3n) is 4.81. The Hall–Kier alpha value is -3.08. The van der Waals surface area contributed by atoms with Gasteiger partial charge in [-0.3, -0.25) is 0 Å². The maximum absolute atomic E-state index is 12.1. The molecule has 28 heavy (non-hydrogen) atoms. The second-order valence-electron chi connectivity index (χ2n) is 6.89. The van der Waals surface area contributed by atoms with Gasteiger partial charge in [-0.05, 0) is 41.8 Å². The van der Waals surface area contributed by atoms with Crippen LogP contribution in [0.3, 0.4) is 0 Å². The average molecular weight is 379 g/mol. The largest absolute Gasteiger partial charge is 0.478 e. The molecule has 2 aromatic carbocycles. The highest BCUT2D eigenvalue weighted by atomic mass is 16.7. The molecule has 3 rings (SSSR count). The lowest BCUT2D eigenvalue weighted by Gasteiger charge is -2.08.